The Morgan fingerprint density at radius 3 is 2.57 bits per heavy atom. The Morgan fingerprint density at radius 1 is 1.43 bits per heavy atom. The summed E-state index contributed by atoms with van der Waals surface area (Å²) in [5, 5.41) is 0. The molecule has 1 heteroatoms. The molecule has 0 spiro atoms. The van der Waals surface area contributed by atoms with Crippen molar-refractivity contribution >= 4 is 11.6 Å². The van der Waals surface area contributed by atoms with Crippen LogP contribution < -0.4 is 0 Å². The molecule has 7 heavy (non-hydrogen) atoms. The first kappa shape index (κ1) is 7.29. The van der Waals surface area contributed by atoms with E-state index in [1.165, 1.54) is 12.8 Å². The standard InChI is InChI=1S/C6H11Cl/c1-2-3-4-5-6-7/h6H,1-5H2. The van der Waals surface area contributed by atoms with Crippen LogP contribution in [0.1, 0.15) is 25.7 Å². The normalized spacial score (nSPS) is 9.43. The van der Waals surface area contributed by atoms with Gasteiger partial charge in [-0.05, 0) is 6.42 Å². The lowest BCUT2D eigenvalue weighted by Gasteiger charge is -1.89. The van der Waals surface area contributed by atoms with E-state index in [-0.39, 0.29) is 0 Å². The summed E-state index contributed by atoms with van der Waals surface area (Å²) in [4.78, 5) is 0. The highest BCUT2D eigenvalue weighted by molar-refractivity contribution is 6.23. The number of hydrogen-bond donors (Lipinski definition) is 0. The fourth-order valence-corrected chi connectivity index (χ4v) is 0.553. The summed E-state index contributed by atoms with van der Waals surface area (Å²) in [7, 11) is 0. The molecule has 0 aliphatic rings. The third-order valence-electron chi connectivity index (χ3n) is 0.813. The van der Waals surface area contributed by atoms with Crippen LogP contribution in [0.2, 0.25) is 0 Å². The SMILES string of the molecule is [CH2]CCCC[CH]Cl. The maximum Gasteiger partial charge on any atom is 0.0499 e. The Morgan fingerprint density at radius 2 is 2.14 bits per heavy atom. The van der Waals surface area contributed by atoms with E-state index in [9.17, 15) is 0 Å². The predicted octanol–water partition coefficient (Wildman–Crippen LogP) is 2.78. The predicted molar refractivity (Wildman–Crippen MR) is 34.0 cm³/mol. The van der Waals surface area contributed by atoms with E-state index in [0.29, 0.717) is 0 Å². The number of hydrogen-bond acceptors (Lipinski definition) is 0. The van der Waals surface area contributed by atoms with Crippen LogP contribution in [-0.2, 0) is 0 Å². The molecular weight excluding hydrogens is 108 g/mol. The topological polar surface area (TPSA) is 0 Å². The van der Waals surface area contributed by atoms with E-state index in [1.807, 2.05) is 0 Å². The van der Waals surface area contributed by atoms with Crippen molar-refractivity contribution in [3.8, 4) is 0 Å². The molecule has 0 heterocycles. The van der Waals surface area contributed by atoms with Gasteiger partial charge >= 0.3 is 0 Å². The third kappa shape index (κ3) is 6.29. The van der Waals surface area contributed by atoms with Gasteiger partial charge in [0.05, 0.1) is 0 Å². The Kier molecular flexibility index (Phi) is 6.55. The highest BCUT2D eigenvalue weighted by atomic mass is 35.5. The molecule has 0 unspecified atom stereocenters. The molecule has 0 amide bonds. The first-order chi connectivity index (χ1) is 3.41. The molecule has 0 saturated carbocycles. The maximum absolute atomic E-state index is 5.29. The molecule has 0 atom stereocenters. The Hall–Kier alpha value is 0.290. The molecule has 0 bridgehead atoms. The van der Waals surface area contributed by atoms with Crippen LogP contribution in [0.25, 0.3) is 0 Å². The summed E-state index contributed by atoms with van der Waals surface area (Å²) in [6.45, 7) is 3.70. The van der Waals surface area contributed by atoms with Gasteiger partial charge in [-0.2, -0.15) is 0 Å². The average molecular weight is 119 g/mol. The molecule has 0 N–H and O–H groups in total. The van der Waals surface area contributed by atoms with Crippen LogP contribution in [0.15, 0.2) is 0 Å². The van der Waals surface area contributed by atoms with Gasteiger partial charge in [0.25, 0.3) is 0 Å². The highest BCUT2D eigenvalue weighted by Gasteiger charge is 1.81. The molecule has 0 saturated heterocycles. The summed E-state index contributed by atoms with van der Waals surface area (Å²) in [6, 6.07) is 0. The van der Waals surface area contributed by atoms with Gasteiger partial charge in [0.15, 0.2) is 0 Å². The zero-order valence-electron chi connectivity index (χ0n) is 4.49. The lowest BCUT2D eigenvalue weighted by molar-refractivity contribution is 0.753. The van der Waals surface area contributed by atoms with Gasteiger partial charge in [-0.3, -0.25) is 0 Å². The quantitative estimate of drug-likeness (QED) is 0.498. The van der Waals surface area contributed by atoms with Crippen molar-refractivity contribution in [1.82, 2.24) is 0 Å². The molecule has 0 aromatic carbocycles. The monoisotopic (exact) mass is 118 g/mol. The summed E-state index contributed by atoms with van der Waals surface area (Å²) < 4.78 is 0. The molecule has 0 fully saturated rings. The van der Waals surface area contributed by atoms with E-state index < -0.39 is 0 Å². The van der Waals surface area contributed by atoms with Crippen molar-refractivity contribution in [2.45, 2.75) is 25.7 Å². The molecule has 0 nitrogen and oxygen atoms in total. The second-order valence-corrected chi connectivity index (χ2v) is 1.81. The van der Waals surface area contributed by atoms with E-state index in [4.69, 9.17) is 11.6 Å². The Labute approximate surface area is 50.9 Å². The van der Waals surface area contributed by atoms with Crippen LogP contribution >= 0.6 is 11.6 Å². The fraction of sp³-hybridized carbons (Fsp3) is 0.667. The van der Waals surface area contributed by atoms with E-state index in [1.54, 1.807) is 5.88 Å². The van der Waals surface area contributed by atoms with Crippen LogP contribution in [0, 0.1) is 12.8 Å². The van der Waals surface area contributed by atoms with Crippen LogP contribution in [0.5, 0.6) is 0 Å². The van der Waals surface area contributed by atoms with Crippen LogP contribution in [0.4, 0.5) is 0 Å². The van der Waals surface area contributed by atoms with Gasteiger partial charge in [0.1, 0.15) is 0 Å². The van der Waals surface area contributed by atoms with Gasteiger partial charge in [-0.25, -0.2) is 0 Å². The molecule has 0 rings (SSSR count). The average Bonchev–Trinajstić information content (AvgIpc) is 1.69. The van der Waals surface area contributed by atoms with Gasteiger partial charge in [-0.15, -0.1) is 11.6 Å². The van der Waals surface area contributed by atoms with Gasteiger partial charge in [0.2, 0.25) is 0 Å². The van der Waals surface area contributed by atoms with Crippen molar-refractivity contribution in [3.63, 3.8) is 0 Å². The highest BCUT2D eigenvalue weighted by Crippen LogP contribution is 2.02. The number of unbranched alkanes of at least 4 members (excludes halogenated alkanes) is 3. The molecule has 0 aliphatic carbocycles. The molecule has 2 radical (unpaired) electrons. The minimum absolute atomic E-state index is 1.02. The first-order valence-corrected chi connectivity index (χ1v) is 3.06. The van der Waals surface area contributed by atoms with E-state index in [0.717, 1.165) is 12.8 Å². The van der Waals surface area contributed by atoms with Crippen molar-refractivity contribution in [2.75, 3.05) is 0 Å². The summed E-state index contributed by atoms with van der Waals surface area (Å²) in [5.41, 5.74) is 0. The Balaban J connectivity index is 2.45. The number of rotatable bonds is 4. The lowest BCUT2D eigenvalue weighted by atomic mass is 10.2. The first-order valence-electron chi connectivity index (χ1n) is 2.63. The van der Waals surface area contributed by atoms with Crippen molar-refractivity contribution in [1.29, 1.82) is 0 Å². The fourth-order valence-electron chi connectivity index (χ4n) is 0.398. The maximum atomic E-state index is 5.29. The van der Waals surface area contributed by atoms with Gasteiger partial charge in [-0.1, -0.05) is 26.2 Å². The second kappa shape index (κ2) is 6.29. The smallest absolute Gasteiger partial charge is 0.0499 e. The van der Waals surface area contributed by atoms with Crippen LogP contribution in [-0.4, -0.2) is 0 Å². The zero-order chi connectivity index (χ0) is 5.54. The van der Waals surface area contributed by atoms with Gasteiger partial charge < -0.3 is 0 Å². The minimum atomic E-state index is 1.02. The van der Waals surface area contributed by atoms with E-state index in [2.05, 4.69) is 6.92 Å². The molecule has 0 aromatic heterocycles. The molecular formula is C6H11Cl. The molecule has 0 aromatic rings. The Bertz CT molecular complexity index is 23.4. The van der Waals surface area contributed by atoms with Crippen LogP contribution in [0.3, 0.4) is 0 Å². The molecule has 42 valence electrons. The zero-order valence-corrected chi connectivity index (χ0v) is 5.25. The van der Waals surface area contributed by atoms with Crippen molar-refractivity contribution in [2.24, 2.45) is 0 Å². The summed E-state index contributed by atoms with van der Waals surface area (Å²) >= 11 is 5.29. The summed E-state index contributed by atoms with van der Waals surface area (Å²) in [5.74, 6) is 1.68. The minimum Gasteiger partial charge on any atom is -0.121 e. The largest absolute Gasteiger partial charge is 0.121 e. The summed E-state index contributed by atoms with van der Waals surface area (Å²) in [6.07, 6.45) is 4.44. The van der Waals surface area contributed by atoms with Crippen molar-refractivity contribution in [3.05, 3.63) is 12.8 Å². The third-order valence-corrected chi connectivity index (χ3v) is 1.03. The molecule has 0 aliphatic heterocycles. The van der Waals surface area contributed by atoms with E-state index >= 15 is 0 Å². The number of halogens is 1. The second-order valence-electron chi connectivity index (χ2n) is 1.50. The van der Waals surface area contributed by atoms with Crippen molar-refractivity contribution < 1.29 is 0 Å². The lowest BCUT2D eigenvalue weighted by Crippen LogP contribution is -1.70. The van der Waals surface area contributed by atoms with Gasteiger partial charge in [0, 0.05) is 5.88 Å².